The van der Waals surface area contributed by atoms with Crippen LogP contribution in [0.2, 0.25) is 0 Å². The van der Waals surface area contributed by atoms with Crippen LogP contribution in [0.5, 0.6) is 0 Å². The molecule has 1 aromatic carbocycles. The summed E-state index contributed by atoms with van der Waals surface area (Å²) in [5.41, 5.74) is 1.78. The highest BCUT2D eigenvalue weighted by Gasteiger charge is 2.27. The van der Waals surface area contributed by atoms with Gasteiger partial charge in [0.2, 0.25) is 0 Å². The molecule has 0 aromatic heterocycles. The largest absolute Gasteiger partial charge is 0.313 e. The second-order valence-corrected chi connectivity index (χ2v) is 6.93. The SMILES string of the molecule is CCCNC(Cc1ccc(I)cc1)C(C)(C)CC. The Kier molecular flexibility index (Phi) is 6.64. The average Bonchev–Trinajstić information content (AvgIpc) is 2.36. The first-order valence-electron chi connectivity index (χ1n) is 6.97. The first kappa shape index (κ1) is 16.0. The molecule has 0 saturated heterocycles. The fourth-order valence-corrected chi connectivity index (χ4v) is 2.41. The van der Waals surface area contributed by atoms with Crippen molar-refractivity contribution >= 4 is 22.6 Å². The quantitative estimate of drug-likeness (QED) is 0.700. The van der Waals surface area contributed by atoms with E-state index in [9.17, 15) is 0 Å². The molecule has 0 aliphatic rings. The van der Waals surface area contributed by atoms with Gasteiger partial charge in [-0.05, 0) is 71.5 Å². The van der Waals surface area contributed by atoms with Crippen LogP contribution in [0.3, 0.4) is 0 Å². The smallest absolute Gasteiger partial charge is 0.0158 e. The lowest BCUT2D eigenvalue weighted by molar-refractivity contribution is 0.230. The molecule has 1 N–H and O–H groups in total. The Morgan fingerprint density at radius 3 is 2.28 bits per heavy atom. The average molecular weight is 359 g/mol. The summed E-state index contributed by atoms with van der Waals surface area (Å²) in [6, 6.07) is 9.47. The fourth-order valence-electron chi connectivity index (χ4n) is 2.05. The monoisotopic (exact) mass is 359 g/mol. The van der Waals surface area contributed by atoms with Crippen molar-refractivity contribution in [2.75, 3.05) is 6.54 Å². The number of nitrogens with one attached hydrogen (secondary N) is 1. The second kappa shape index (κ2) is 7.49. The maximum Gasteiger partial charge on any atom is 0.0158 e. The van der Waals surface area contributed by atoms with Gasteiger partial charge < -0.3 is 5.32 Å². The van der Waals surface area contributed by atoms with E-state index in [1.807, 2.05) is 0 Å². The van der Waals surface area contributed by atoms with Crippen LogP contribution in [-0.2, 0) is 6.42 Å². The maximum absolute atomic E-state index is 3.72. The van der Waals surface area contributed by atoms with Crippen molar-refractivity contribution in [1.82, 2.24) is 5.32 Å². The number of rotatable bonds is 7. The Hall–Kier alpha value is -0.0900. The summed E-state index contributed by atoms with van der Waals surface area (Å²) < 4.78 is 1.31. The number of hydrogen-bond acceptors (Lipinski definition) is 1. The van der Waals surface area contributed by atoms with Crippen LogP contribution in [0.15, 0.2) is 24.3 Å². The van der Waals surface area contributed by atoms with Gasteiger partial charge in [0.15, 0.2) is 0 Å². The van der Waals surface area contributed by atoms with Gasteiger partial charge >= 0.3 is 0 Å². The van der Waals surface area contributed by atoms with E-state index >= 15 is 0 Å². The number of hydrogen-bond donors (Lipinski definition) is 1. The third kappa shape index (κ3) is 4.88. The molecule has 0 fully saturated rings. The standard InChI is InChI=1S/C16H26IN/c1-5-11-18-15(16(3,4)6-2)12-13-7-9-14(17)10-8-13/h7-10,15,18H,5-6,11-12H2,1-4H3. The molecular weight excluding hydrogens is 333 g/mol. The van der Waals surface area contributed by atoms with E-state index in [0.29, 0.717) is 11.5 Å². The third-order valence-electron chi connectivity index (χ3n) is 3.85. The zero-order valence-corrected chi connectivity index (χ0v) is 14.3. The van der Waals surface area contributed by atoms with Gasteiger partial charge in [0.1, 0.15) is 0 Å². The van der Waals surface area contributed by atoms with Crippen molar-refractivity contribution in [2.24, 2.45) is 5.41 Å². The van der Waals surface area contributed by atoms with Gasteiger partial charge in [0.25, 0.3) is 0 Å². The summed E-state index contributed by atoms with van der Waals surface area (Å²) in [7, 11) is 0. The molecule has 102 valence electrons. The van der Waals surface area contributed by atoms with Crippen LogP contribution in [-0.4, -0.2) is 12.6 Å². The van der Waals surface area contributed by atoms with E-state index in [1.165, 1.54) is 22.0 Å². The Bertz CT molecular complexity index is 343. The van der Waals surface area contributed by atoms with Gasteiger partial charge in [-0.3, -0.25) is 0 Å². The van der Waals surface area contributed by atoms with Crippen LogP contribution in [0, 0.1) is 8.99 Å². The van der Waals surface area contributed by atoms with Crippen molar-refractivity contribution in [3.8, 4) is 0 Å². The lowest BCUT2D eigenvalue weighted by atomic mass is 9.79. The van der Waals surface area contributed by atoms with Crippen LogP contribution in [0.4, 0.5) is 0 Å². The summed E-state index contributed by atoms with van der Waals surface area (Å²) in [4.78, 5) is 0. The molecule has 0 heterocycles. The van der Waals surface area contributed by atoms with E-state index in [4.69, 9.17) is 0 Å². The number of halogens is 1. The number of benzene rings is 1. The Labute approximate surface area is 126 Å². The fraction of sp³-hybridized carbons (Fsp3) is 0.625. The molecule has 0 bridgehead atoms. The van der Waals surface area contributed by atoms with Crippen molar-refractivity contribution in [3.05, 3.63) is 33.4 Å². The Morgan fingerprint density at radius 1 is 1.17 bits per heavy atom. The van der Waals surface area contributed by atoms with Gasteiger partial charge in [0.05, 0.1) is 0 Å². The summed E-state index contributed by atoms with van der Waals surface area (Å²) in [5.74, 6) is 0. The summed E-state index contributed by atoms with van der Waals surface area (Å²) >= 11 is 2.36. The summed E-state index contributed by atoms with van der Waals surface area (Å²) in [6.45, 7) is 10.4. The molecule has 1 rings (SSSR count). The van der Waals surface area contributed by atoms with Crippen LogP contribution in [0.25, 0.3) is 0 Å². The molecule has 18 heavy (non-hydrogen) atoms. The highest BCUT2D eigenvalue weighted by molar-refractivity contribution is 14.1. The van der Waals surface area contributed by atoms with Crippen LogP contribution < -0.4 is 5.32 Å². The van der Waals surface area contributed by atoms with E-state index in [2.05, 4.69) is 79.9 Å². The first-order chi connectivity index (χ1) is 8.49. The minimum absolute atomic E-state index is 0.345. The molecule has 1 unspecified atom stereocenters. The van der Waals surface area contributed by atoms with Crippen LogP contribution >= 0.6 is 22.6 Å². The van der Waals surface area contributed by atoms with Gasteiger partial charge in [-0.25, -0.2) is 0 Å². The van der Waals surface area contributed by atoms with E-state index in [1.54, 1.807) is 0 Å². The molecule has 0 saturated carbocycles. The van der Waals surface area contributed by atoms with Gasteiger partial charge in [0, 0.05) is 9.61 Å². The molecule has 2 heteroatoms. The molecule has 0 amide bonds. The minimum atomic E-state index is 0.345. The lowest BCUT2D eigenvalue weighted by Gasteiger charge is -2.34. The normalized spacial score (nSPS) is 13.6. The molecule has 0 spiro atoms. The van der Waals surface area contributed by atoms with Gasteiger partial charge in [-0.1, -0.05) is 39.8 Å². The summed E-state index contributed by atoms with van der Waals surface area (Å²) in [6.07, 6.45) is 3.53. The van der Waals surface area contributed by atoms with Crippen molar-refractivity contribution in [2.45, 2.75) is 53.0 Å². The molecule has 0 aliphatic heterocycles. The van der Waals surface area contributed by atoms with Gasteiger partial charge in [-0.15, -0.1) is 0 Å². The van der Waals surface area contributed by atoms with E-state index < -0.39 is 0 Å². The topological polar surface area (TPSA) is 12.0 Å². The molecule has 0 aliphatic carbocycles. The third-order valence-corrected chi connectivity index (χ3v) is 4.57. The van der Waals surface area contributed by atoms with Crippen LogP contribution in [0.1, 0.15) is 46.1 Å². The zero-order chi connectivity index (χ0) is 13.6. The summed E-state index contributed by atoms with van der Waals surface area (Å²) in [5, 5.41) is 3.72. The molecular formula is C16H26IN. The Balaban J connectivity index is 2.74. The highest BCUT2D eigenvalue weighted by atomic mass is 127. The second-order valence-electron chi connectivity index (χ2n) is 5.68. The minimum Gasteiger partial charge on any atom is -0.313 e. The van der Waals surface area contributed by atoms with E-state index in [-0.39, 0.29) is 0 Å². The predicted octanol–water partition coefficient (Wildman–Crippen LogP) is 4.64. The van der Waals surface area contributed by atoms with Crippen molar-refractivity contribution < 1.29 is 0 Å². The predicted molar refractivity (Wildman–Crippen MR) is 89.0 cm³/mol. The Morgan fingerprint density at radius 2 is 1.78 bits per heavy atom. The zero-order valence-electron chi connectivity index (χ0n) is 12.1. The highest BCUT2D eigenvalue weighted by Crippen LogP contribution is 2.27. The van der Waals surface area contributed by atoms with Crippen molar-refractivity contribution in [3.63, 3.8) is 0 Å². The molecule has 1 nitrogen and oxygen atoms in total. The van der Waals surface area contributed by atoms with E-state index in [0.717, 1.165) is 13.0 Å². The lowest BCUT2D eigenvalue weighted by Crippen LogP contribution is -2.43. The van der Waals surface area contributed by atoms with Gasteiger partial charge in [-0.2, -0.15) is 0 Å². The first-order valence-corrected chi connectivity index (χ1v) is 8.05. The maximum atomic E-state index is 3.72. The molecule has 1 aromatic rings. The molecule has 1 atom stereocenters. The van der Waals surface area contributed by atoms with Crippen molar-refractivity contribution in [1.29, 1.82) is 0 Å². The molecule has 0 radical (unpaired) electrons.